The number of aryl methyl sites for hydroxylation is 2. The monoisotopic (exact) mass is 507 g/mol. The Morgan fingerprint density at radius 1 is 0.861 bits per heavy atom. The van der Waals surface area contributed by atoms with Crippen LogP contribution in [0.15, 0.2) is 60.2 Å². The molecular formula is C28H26ClNO6. The molecule has 1 heterocycles. The van der Waals surface area contributed by atoms with Crippen LogP contribution in [0.3, 0.4) is 0 Å². The predicted octanol–water partition coefficient (Wildman–Crippen LogP) is 5.61. The van der Waals surface area contributed by atoms with Crippen LogP contribution in [0.25, 0.3) is 5.76 Å². The highest BCUT2D eigenvalue weighted by atomic mass is 35.5. The molecule has 1 unspecified atom stereocenters. The number of rotatable bonds is 6. The van der Waals surface area contributed by atoms with Gasteiger partial charge in [-0.1, -0.05) is 35.9 Å². The standard InChI is InChI=1S/C28H26ClNO6/c1-15-10-11-17(12-16(15)2)30-25(18-8-6-7-9-21(18)34-3)24(27(32)28(30)33)26(31)19-13-23(36-5)20(29)14-22(19)35-4/h6-14,25,31H,1-5H3/b26-24+. The van der Waals surface area contributed by atoms with E-state index in [0.29, 0.717) is 17.0 Å². The van der Waals surface area contributed by atoms with Crippen LogP contribution in [0.1, 0.15) is 28.3 Å². The Balaban J connectivity index is 2.04. The van der Waals surface area contributed by atoms with E-state index >= 15 is 0 Å². The van der Waals surface area contributed by atoms with Crippen molar-refractivity contribution in [2.24, 2.45) is 0 Å². The number of nitrogens with zero attached hydrogens (tertiary/aromatic N) is 1. The van der Waals surface area contributed by atoms with E-state index in [0.717, 1.165) is 11.1 Å². The Morgan fingerprint density at radius 3 is 2.17 bits per heavy atom. The summed E-state index contributed by atoms with van der Waals surface area (Å²) in [5.41, 5.74) is 3.12. The number of para-hydroxylation sites is 1. The summed E-state index contributed by atoms with van der Waals surface area (Å²) >= 11 is 6.24. The number of aliphatic hydroxyl groups is 1. The predicted molar refractivity (Wildman–Crippen MR) is 138 cm³/mol. The van der Waals surface area contributed by atoms with Crippen molar-refractivity contribution in [3.8, 4) is 17.2 Å². The lowest BCUT2D eigenvalue weighted by atomic mass is 9.94. The molecule has 0 aromatic heterocycles. The maximum absolute atomic E-state index is 13.5. The minimum atomic E-state index is -0.963. The summed E-state index contributed by atoms with van der Waals surface area (Å²) in [4.78, 5) is 28.4. The third-order valence-corrected chi connectivity index (χ3v) is 6.67. The minimum Gasteiger partial charge on any atom is -0.507 e. The van der Waals surface area contributed by atoms with Gasteiger partial charge in [0.15, 0.2) is 0 Å². The molecule has 7 nitrogen and oxygen atoms in total. The van der Waals surface area contributed by atoms with Gasteiger partial charge in [0.05, 0.1) is 43.5 Å². The first-order valence-corrected chi connectivity index (χ1v) is 11.5. The second-order valence-corrected chi connectivity index (χ2v) is 8.77. The van der Waals surface area contributed by atoms with Crippen molar-refractivity contribution in [2.45, 2.75) is 19.9 Å². The number of carbonyl (C=O) groups is 2. The molecule has 3 aromatic carbocycles. The van der Waals surface area contributed by atoms with Crippen LogP contribution in [0.4, 0.5) is 5.69 Å². The Labute approximate surface area is 214 Å². The fourth-order valence-corrected chi connectivity index (χ4v) is 4.58. The molecule has 0 saturated carbocycles. The van der Waals surface area contributed by atoms with Gasteiger partial charge < -0.3 is 19.3 Å². The van der Waals surface area contributed by atoms with E-state index in [1.165, 1.54) is 38.4 Å². The van der Waals surface area contributed by atoms with Crippen LogP contribution in [0.2, 0.25) is 5.02 Å². The molecule has 0 bridgehead atoms. The van der Waals surface area contributed by atoms with Crippen LogP contribution in [0, 0.1) is 13.8 Å². The minimum absolute atomic E-state index is 0.106. The highest BCUT2D eigenvalue weighted by Crippen LogP contribution is 2.46. The summed E-state index contributed by atoms with van der Waals surface area (Å²) in [6.45, 7) is 3.89. The van der Waals surface area contributed by atoms with Crippen molar-refractivity contribution in [1.82, 2.24) is 0 Å². The molecule has 3 aromatic rings. The number of aliphatic hydroxyl groups excluding tert-OH is 1. The number of benzene rings is 3. The molecule has 1 fully saturated rings. The van der Waals surface area contributed by atoms with Gasteiger partial charge >= 0.3 is 0 Å². The van der Waals surface area contributed by atoms with Crippen molar-refractivity contribution in [2.75, 3.05) is 26.2 Å². The lowest BCUT2D eigenvalue weighted by Gasteiger charge is -2.27. The Kier molecular flexibility index (Phi) is 6.95. The van der Waals surface area contributed by atoms with Gasteiger partial charge in [0.2, 0.25) is 0 Å². The first kappa shape index (κ1) is 25.1. The van der Waals surface area contributed by atoms with E-state index in [-0.39, 0.29) is 27.7 Å². The average molecular weight is 508 g/mol. The van der Waals surface area contributed by atoms with E-state index in [1.807, 2.05) is 26.0 Å². The summed E-state index contributed by atoms with van der Waals surface area (Å²) in [6.07, 6.45) is 0. The molecule has 1 aliphatic heterocycles. The first-order chi connectivity index (χ1) is 17.2. The largest absolute Gasteiger partial charge is 0.507 e. The second kappa shape index (κ2) is 9.95. The van der Waals surface area contributed by atoms with Gasteiger partial charge in [0, 0.05) is 17.3 Å². The molecule has 0 aliphatic carbocycles. The molecule has 1 saturated heterocycles. The van der Waals surface area contributed by atoms with Crippen LogP contribution in [-0.2, 0) is 9.59 Å². The molecule has 36 heavy (non-hydrogen) atoms. The molecular weight excluding hydrogens is 482 g/mol. The van der Waals surface area contributed by atoms with Gasteiger partial charge in [-0.2, -0.15) is 0 Å². The van der Waals surface area contributed by atoms with E-state index in [9.17, 15) is 14.7 Å². The molecule has 4 rings (SSSR count). The summed E-state index contributed by atoms with van der Waals surface area (Å²) in [5.74, 6) is -1.06. The third kappa shape index (κ3) is 4.16. The number of anilines is 1. The van der Waals surface area contributed by atoms with Crippen LogP contribution >= 0.6 is 11.6 Å². The Morgan fingerprint density at radius 2 is 1.53 bits per heavy atom. The molecule has 1 N–H and O–H groups in total. The number of hydrogen-bond donors (Lipinski definition) is 1. The van der Waals surface area contributed by atoms with E-state index in [2.05, 4.69) is 0 Å². The smallest absolute Gasteiger partial charge is 0.300 e. The lowest BCUT2D eigenvalue weighted by molar-refractivity contribution is -0.132. The van der Waals surface area contributed by atoms with E-state index in [4.69, 9.17) is 25.8 Å². The number of ether oxygens (including phenoxy) is 3. The maximum atomic E-state index is 13.5. The zero-order valence-electron chi connectivity index (χ0n) is 20.6. The number of methoxy groups -OCH3 is 3. The molecule has 1 aliphatic rings. The molecule has 8 heteroatoms. The van der Waals surface area contributed by atoms with Gasteiger partial charge in [0.1, 0.15) is 23.0 Å². The summed E-state index contributed by atoms with van der Waals surface area (Å²) in [7, 11) is 4.36. The maximum Gasteiger partial charge on any atom is 0.300 e. The van der Waals surface area contributed by atoms with Crippen molar-refractivity contribution in [3.63, 3.8) is 0 Å². The van der Waals surface area contributed by atoms with Gasteiger partial charge in [0.25, 0.3) is 11.7 Å². The Hall–Kier alpha value is -3.97. The van der Waals surface area contributed by atoms with Crippen LogP contribution in [-0.4, -0.2) is 38.1 Å². The second-order valence-electron chi connectivity index (χ2n) is 8.37. The topological polar surface area (TPSA) is 85.3 Å². The van der Waals surface area contributed by atoms with Gasteiger partial charge in [-0.25, -0.2) is 0 Å². The van der Waals surface area contributed by atoms with E-state index in [1.54, 1.807) is 30.3 Å². The van der Waals surface area contributed by atoms with Crippen LogP contribution in [0.5, 0.6) is 17.2 Å². The van der Waals surface area contributed by atoms with Gasteiger partial charge in [-0.3, -0.25) is 14.5 Å². The molecule has 0 spiro atoms. The van der Waals surface area contributed by atoms with Crippen molar-refractivity contribution < 1.29 is 28.9 Å². The number of hydrogen-bond acceptors (Lipinski definition) is 6. The number of ketones is 1. The fourth-order valence-electron chi connectivity index (χ4n) is 4.35. The van der Waals surface area contributed by atoms with E-state index < -0.39 is 23.5 Å². The first-order valence-electron chi connectivity index (χ1n) is 11.2. The fraction of sp³-hybridized carbons (Fsp3) is 0.214. The van der Waals surface area contributed by atoms with Gasteiger partial charge in [-0.05, 0) is 49.2 Å². The highest BCUT2D eigenvalue weighted by Gasteiger charge is 2.48. The third-order valence-electron chi connectivity index (χ3n) is 6.38. The number of Topliss-reactive ketones (excluding diaryl/α,β-unsaturated/α-hetero) is 1. The van der Waals surface area contributed by atoms with Crippen molar-refractivity contribution in [1.29, 1.82) is 0 Å². The molecule has 1 amide bonds. The molecule has 0 radical (unpaired) electrons. The quantitative estimate of drug-likeness (QED) is 0.265. The summed E-state index contributed by atoms with van der Waals surface area (Å²) in [6, 6.07) is 14.6. The van der Waals surface area contributed by atoms with Gasteiger partial charge in [-0.15, -0.1) is 0 Å². The normalized spacial score (nSPS) is 16.8. The SMILES string of the molecule is COc1cc(/C(O)=C2\C(=O)C(=O)N(c3ccc(C)c(C)c3)C2c2ccccc2OC)c(OC)cc1Cl. The molecule has 1 atom stereocenters. The number of amides is 1. The summed E-state index contributed by atoms with van der Waals surface area (Å²) in [5, 5.41) is 11.8. The van der Waals surface area contributed by atoms with Crippen molar-refractivity contribution >= 4 is 34.7 Å². The number of carbonyl (C=O) groups excluding carboxylic acids is 2. The highest BCUT2D eigenvalue weighted by molar-refractivity contribution is 6.51. The number of halogens is 1. The molecule has 186 valence electrons. The summed E-state index contributed by atoms with van der Waals surface area (Å²) < 4.78 is 16.3. The Bertz CT molecular complexity index is 1400. The zero-order chi connectivity index (χ0) is 26.1. The zero-order valence-corrected chi connectivity index (χ0v) is 21.3. The lowest BCUT2D eigenvalue weighted by Crippen LogP contribution is -2.29. The average Bonchev–Trinajstić information content (AvgIpc) is 3.15. The van der Waals surface area contributed by atoms with Crippen LogP contribution < -0.4 is 19.1 Å². The van der Waals surface area contributed by atoms with Crippen molar-refractivity contribution in [3.05, 3.63) is 87.4 Å².